The number of hydrogen-bond acceptors (Lipinski definition) is 1. The van der Waals surface area contributed by atoms with E-state index in [9.17, 15) is 4.79 Å². The molecular weight excluding hydrogens is 248 g/mol. The number of carbonyl (C=O) groups excluding carboxylic acids is 1. The Morgan fingerprint density at radius 1 is 1.15 bits per heavy atom. The largest absolute Gasteiger partial charge is 0.338 e. The van der Waals surface area contributed by atoms with Crippen LogP contribution in [0.5, 0.6) is 0 Å². The van der Waals surface area contributed by atoms with Crippen LogP contribution in [-0.4, -0.2) is 18.6 Å². The molecule has 0 radical (unpaired) electrons. The molecule has 2 saturated carbocycles. The van der Waals surface area contributed by atoms with Gasteiger partial charge in [-0.05, 0) is 43.4 Å². The molecule has 3 nitrogen and oxygen atoms in total. The zero-order valence-corrected chi connectivity index (χ0v) is 13.3. The summed E-state index contributed by atoms with van der Waals surface area (Å²) in [4.78, 5) is 11.9. The molecule has 116 valence electrons. The van der Waals surface area contributed by atoms with Gasteiger partial charge in [0.05, 0.1) is 0 Å². The molecule has 0 aromatic carbocycles. The van der Waals surface area contributed by atoms with Crippen LogP contribution in [0, 0.1) is 17.8 Å². The quantitative estimate of drug-likeness (QED) is 0.756. The molecule has 2 aliphatic carbocycles. The van der Waals surface area contributed by atoms with Gasteiger partial charge in [0.2, 0.25) is 0 Å². The predicted molar refractivity (Wildman–Crippen MR) is 83.7 cm³/mol. The lowest BCUT2D eigenvalue weighted by molar-refractivity contribution is 0.203. The smallest absolute Gasteiger partial charge is 0.315 e. The van der Waals surface area contributed by atoms with E-state index in [1.165, 1.54) is 44.9 Å². The Morgan fingerprint density at radius 2 is 1.85 bits per heavy atom. The zero-order chi connectivity index (χ0) is 14.4. The Kier molecular flexibility index (Phi) is 6.18. The highest BCUT2D eigenvalue weighted by molar-refractivity contribution is 5.74. The summed E-state index contributed by atoms with van der Waals surface area (Å²) < 4.78 is 0. The minimum atomic E-state index is 0.0510. The van der Waals surface area contributed by atoms with Gasteiger partial charge < -0.3 is 10.6 Å². The fourth-order valence-corrected chi connectivity index (χ4v) is 3.67. The van der Waals surface area contributed by atoms with E-state index in [0.29, 0.717) is 12.0 Å². The molecule has 2 N–H and O–H groups in total. The normalized spacial score (nSPS) is 28.5. The van der Waals surface area contributed by atoms with Gasteiger partial charge >= 0.3 is 6.03 Å². The maximum atomic E-state index is 11.9. The topological polar surface area (TPSA) is 41.1 Å². The standard InChI is InChI=1S/C17H32N2O/c1-3-5-14-8-10-16(11-9-14)19-17(20)18-12-13(2)15-6-4-7-15/h13-16H,3-12H2,1-2H3,(H2,18,19,20). The Hall–Kier alpha value is -0.730. The van der Waals surface area contributed by atoms with E-state index >= 15 is 0 Å². The number of urea groups is 1. The molecule has 0 spiro atoms. The van der Waals surface area contributed by atoms with Crippen molar-refractivity contribution >= 4 is 6.03 Å². The van der Waals surface area contributed by atoms with Gasteiger partial charge in [0, 0.05) is 12.6 Å². The van der Waals surface area contributed by atoms with Crippen LogP contribution in [0.4, 0.5) is 4.79 Å². The van der Waals surface area contributed by atoms with Crippen LogP contribution in [0.15, 0.2) is 0 Å². The zero-order valence-electron chi connectivity index (χ0n) is 13.3. The van der Waals surface area contributed by atoms with Crippen molar-refractivity contribution in [3.05, 3.63) is 0 Å². The first-order chi connectivity index (χ1) is 9.69. The van der Waals surface area contributed by atoms with Gasteiger partial charge in [0.1, 0.15) is 0 Å². The van der Waals surface area contributed by atoms with Crippen LogP contribution in [-0.2, 0) is 0 Å². The van der Waals surface area contributed by atoms with Crippen LogP contribution < -0.4 is 10.6 Å². The number of amides is 2. The molecule has 0 bridgehead atoms. The first kappa shape index (κ1) is 15.7. The third kappa shape index (κ3) is 4.68. The molecule has 1 unspecified atom stereocenters. The van der Waals surface area contributed by atoms with Gasteiger partial charge in [-0.25, -0.2) is 4.79 Å². The van der Waals surface area contributed by atoms with Crippen molar-refractivity contribution in [2.24, 2.45) is 17.8 Å². The van der Waals surface area contributed by atoms with Gasteiger partial charge in [-0.2, -0.15) is 0 Å². The second-order valence-electron chi connectivity index (χ2n) is 7.03. The predicted octanol–water partition coefficient (Wildman–Crippen LogP) is 4.08. The summed E-state index contributed by atoms with van der Waals surface area (Å²) in [5.41, 5.74) is 0. The summed E-state index contributed by atoms with van der Waals surface area (Å²) in [6, 6.07) is 0.456. The van der Waals surface area contributed by atoms with Gasteiger partial charge in [-0.1, -0.05) is 46.0 Å². The highest BCUT2D eigenvalue weighted by atomic mass is 16.2. The second-order valence-corrected chi connectivity index (χ2v) is 7.03. The van der Waals surface area contributed by atoms with Crippen LogP contribution in [0.1, 0.15) is 71.6 Å². The molecule has 2 aliphatic rings. The van der Waals surface area contributed by atoms with Crippen LogP contribution >= 0.6 is 0 Å². The average molecular weight is 280 g/mol. The van der Waals surface area contributed by atoms with E-state index in [0.717, 1.165) is 31.2 Å². The lowest BCUT2D eigenvalue weighted by Gasteiger charge is -2.32. The Bertz CT molecular complexity index is 293. The number of nitrogens with one attached hydrogen (secondary N) is 2. The number of carbonyl (C=O) groups is 1. The van der Waals surface area contributed by atoms with Crippen molar-refractivity contribution in [1.29, 1.82) is 0 Å². The van der Waals surface area contributed by atoms with Crippen LogP contribution in [0.3, 0.4) is 0 Å². The van der Waals surface area contributed by atoms with E-state index in [2.05, 4.69) is 24.5 Å². The molecule has 3 heteroatoms. The highest BCUT2D eigenvalue weighted by Gasteiger charge is 2.25. The summed E-state index contributed by atoms with van der Waals surface area (Å²) in [7, 11) is 0. The molecule has 2 rings (SSSR count). The summed E-state index contributed by atoms with van der Waals surface area (Å²) in [5, 5.41) is 6.23. The summed E-state index contributed by atoms with van der Waals surface area (Å²) >= 11 is 0. The fraction of sp³-hybridized carbons (Fsp3) is 0.941. The van der Waals surface area contributed by atoms with E-state index in [-0.39, 0.29) is 6.03 Å². The third-order valence-electron chi connectivity index (χ3n) is 5.42. The molecule has 2 fully saturated rings. The number of hydrogen-bond donors (Lipinski definition) is 2. The maximum Gasteiger partial charge on any atom is 0.315 e. The maximum absolute atomic E-state index is 11.9. The van der Waals surface area contributed by atoms with Crippen molar-refractivity contribution < 1.29 is 4.79 Å². The molecule has 0 aromatic rings. The van der Waals surface area contributed by atoms with Crippen molar-refractivity contribution in [1.82, 2.24) is 10.6 Å². The van der Waals surface area contributed by atoms with Crippen molar-refractivity contribution in [2.75, 3.05) is 6.54 Å². The van der Waals surface area contributed by atoms with E-state index in [1.807, 2.05) is 0 Å². The molecule has 1 atom stereocenters. The summed E-state index contributed by atoms with van der Waals surface area (Å²) in [6.07, 6.45) is 11.6. The van der Waals surface area contributed by atoms with E-state index in [1.54, 1.807) is 0 Å². The molecule has 0 aliphatic heterocycles. The first-order valence-corrected chi connectivity index (χ1v) is 8.73. The molecule has 2 amide bonds. The Labute approximate surface area is 124 Å². The van der Waals surface area contributed by atoms with E-state index < -0.39 is 0 Å². The van der Waals surface area contributed by atoms with Crippen LogP contribution in [0.25, 0.3) is 0 Å². The van der Waals surface area contributed by atoms with Crippen LogP contribution in [0.2, 0.25) is 0 Å². The molecule has 20 heavy (non-hydrogen) atoms. The molecule has 0 aromatic heterocycles. The molecule has 0 heterocycles. The first-order valence-electron chi connectivity index (χ1n) is 8.73. The second kappa shape index (κ2) is 7.90. The van der Waals surface area contributed by atoms with Gasteiger partial charge in [-0.15, -0.1) is 0 Å². The number of rotatable bonds is 6. The van der Waals surface area contributed by atoms with E-state index in [4.69, 9.17) is 0 Å². The summed E-state index contributed by atoms with van der Waals surface area (Å²) in [5.74, 6) is 2.38. The lowest BCUT2D eigenvalue weighted by Crippen LogP contribution is -2.45. The average Bonchev–Trinajstić information content (AvgIpc) is 2.37. The SMILES string of the molecule is CCCC1CCC(NC(=O)NCC(C)C2CCC2)CC1. The van der Waals surface area contributed by atoms with Crippen molar-refractivity contribution in [2.45, 2.75) is 77.7 Å². The molecule has 0 saturated heterocycles. The minimum Gasteiger partial charge on any atom is -0.338 e. The van der Waals surface area contributed by atoms with Crippen molar-refractivity contribution in [3.63, 3.8) is 0 Å². The third-order valence-corrected chi connectivity index (χ3v) is 5.42. The van der Waals surface area contributed by atoms with Gasteiger partial charge in [0.25, 0.3) is 0 Å². The lowest BCUT2D eigenvalue weighted by atomic mass is 9.77. The Morgan fingerprint density at radius 3 is 2.40 bits per heavy atom. The van der Waals surface area contributed by atoms with Crippen molar-refractivity contribution in [3.8, 4) is 0 Å². The summed E-state index contributed by atoms with van der Waals surface area (Å²) in [6.45, 7) is 5.36. The monoisotopic (exact) mass is 280 g/mol. The fourth-order valence-electron chi connectivity index (χ4n) is 3.67. The molecular formula is C17H32N2O. The van der Waals surface area contributed by atoms with Gasteiger partial charge in [0.15, 0.2) is 0 Å². The minimum absolute atomic E-state index is 0.0510. The Balaban J connectivity index is 1.57. The highest BCUT2D eigenvalue weighted by Crippen LogP contribution is 2.32. The van der Waals surface area contributed by atoms with Gasteiger partial charge in [-0.3, -0.25) is 0 Å².